The third-order valence-corrected chi connectivity index (χ3v) is 4.88. The predicted octanol–water partition coefficient (Wildman–Crippen LogP) is 6.41. The Morgan fingerprint density at radius 3 is 1.24 bits per heavy atom. The first-order valence-corrected chi connectivity index (χ1v) is 8.71. The average molecular weight is 529 g/mol. The average Bonchev–Trinajstić information content (AvgIpc) is 2.65. The van der Waals surface area contributed by atoms with Gasteiger partial charge in [-0.15, -0.1) is 0 Å². The monoisotopic (exact) mass is 528 g/mol. The summed E-state index contributed by atoms with van der Waals surface area (Å²) >= 11 is 9.86. The Bertz CT molecular complexity index is 1030. The first-order valence-electron chi connectivity index (χ1n) is 7.95. The Labute approximate surface area is 186 Å². The van der Waals surface area contributed by atoms with Crippen LogP contribution >= 0.6 is 23.2 Å². The van der Waals surface area contributed by atoms with Crippen LogP contribution in [0.2, 0.25) is 0 Å². The molecule has 0 radical (unpaired) electrons. The Balaban J connectivity index is 2.43. The van der Waals surface area contributed by atoms with Crippen molar-refractivity contribution in [1.29, 1.82) is 0 Å². The number of benzene rings is 2. The Hall–Kier alpha value is -2.78. The van der Waals surface area contributed by atoms with Gasteiger partial charge >= 0.3 is 23.6 Å². The van der Waals surface area contributed by atoms with Crippen LogP contribution in [0.15, 0.2) is 36.4 Å². The largest absolute Gasteiger partial charge is 0.412 e. The lowest BCUT2D eigenvalue weighted by Gasteiger charge is -2.34. The highest BCUT2D eigenvalue weighted by Crippen LogP contribution is 2.54. The van der Waals surface area contributed by atoms with E-state index in [1.54, 1.807) is 0 Å². The molecule has 2 aromatic carbocycles. The highest BCUT2D eigenvalue weighted by atomic mass is 35.5. The Morgan fingerprint density at radius 1 is 0.697 bits per heavy atom. The molecular weight excluding hydrogens is 523 g/mol. The minimum Gasteiger partial charge on any atom is -0.258 e. The topological polar surface area (TPSA) is 95.5 Å². The number of nitro groups is 2. The van der Waals surface area contributed by atoms with Crippen molar-refractivity contribution in [3.05, 3.63) is 79.4 Å². The van der Waals surface area contributed by atoms with Gasteiger partial charge in [0.25, 0.3) is 10.3 Å². The smallest absolute Gasteiger partial charge is 0.258 e. The van der Waals surface area contributed by atoms with E-state index in [9.17, 15) is 55.4 Å². The first-order chi connectivity index (χ1) is 14.8. The van der Waals surface area contributed by atoms with Crippen LogP contribution in [-0.2, 0) is 15.0 Å². The van der Waals surface area contributed by atoms with Gasteiger partial charge < -0.3 is 0 Å². The fourth-order valence-corrected chi connectivity index (χ4v) is 2.64. The van der Waals surface area contributed by atoms with Gasteiger partial charge in [-0.3, -0.25) is 20.2 Å². The summed E-state index contributed by atoms with van der Waals surface area (Å²) in [5.41, 5.74) is -5.86. The molecule has 0 aliphatic rings. The van der Waals surface area contributed by atoms with Gasteiger partial charge in [0.15, 0.2) is 0 Å². The van der Waals surface area contributed by atoms with Crippen LogP contribution in [0.3, 0.4) is 0 Å². The van der Waals surface area contributed by atoms with Gasteiger partial charge in [0, 0.05) is 23.3 Å². The fraction of sp³-hybridized carbons (Fsp3) is 0.250. The van der Waals surface area contributed by atoms with Gasteiger partial charge in [-0.1, -0.05) is 23.2 Å². The highest BCUT2D eigenvalue weighted by Gasteiger charge is 2.68. The zero-order valence-electron chi connectivity index (χ0n) is 15.2. The quantitative estimate of drug-likeness (QED) is 0.171. The van der Waals surface area contributed by atoms with Gasteiger partial charge in [0.2, 0.25) is 11.6 Å². The van der Waals surface area contributed by atoms with Crippen LogP contribution < -0.4 is 0 Å². The van der Waals surface area contributed by atoms with Crippen LogP contribution in [0.4, 0.5) is 46.5 Å². The lowest BCUT2D eigenvalue weighted by Crippen LogP contribution is -2.50. The van der Waals surface area contributed by atoms with E-state index in [0.29, 0.717) is 0 Å². The molecule has 0 aliphatic carbocycles. The maximum atomic E-state index is 14.6. The molecule has 2 unspecified atom stereocenters. The minimum absolute atomic E-state index is 0.152. The second-order valence-corrected chi connectivity index (χ2v) is 7.17. The number of halogens is 10. The van der Waals surface area contributed by atoms with Crippen molar-refractivity contribution in [3.63, 3.8) is 0 Å². The van der Waals surface area contributed by atoms with Crippen LogP contribution in [0.25, 0.3) is 0 Å². The van der Waals surface area contributed by atoms with E-state index in [4.69, 9.17) is 23.2 Å². The minimum atomic E-state index is -5.88. The van der Waals surface area contributed by atoms with Gasteiger partial charge in [-0.2, -0.15) is 26.3 Å². The van der Waals surface area contributed by atoms with Crippen molar-refractivity contribution in [1.82, 2.24) is 0 Å². The standard InChI is InChI=1S/C16H6Cl2F8N2O5/c17-13(21,7-1-3-11(27(29)30)9(19)5-7)15(23,24)33-16(25,26)14(18,22)8-2-4-12(28(31)32)10(20)6-8/h1-6H. The summed E-state index contributed by atoms with van der Waals surface area (Å²) in [5.74, 6) is -3.75. The number of rotatable bonds is 8. The molecule has 0 spiro atoms. The summed E-state index contributed by atoms with van der Waals surface area (Å²) in [5, 5.41) is 11.4. The van der Waals surface area contributed by atoms with Crippen molar-refractivity contribution in [2.24, 2.45) is 0 Å². The van der Waals surface area contributed by atoms with E-state index in [2.05, 4.69) is 4.74 Å². The maximum absolute atomic E-state index is 14.6. The molecule has 0 aromatic heterocycles. The molecule has 0 heterocycles. The maximum Gasteiger partial charge on any atom is 0.412 e. The van der Waals surface area contributed by atoms with Gasteiger partial charge in [-0.05, 0) is 24.3 Å². The van der Waals surface area contributed by atoms with Crippen molar-refractivity contribution in [2.45, 2.75) is 22.5 Å². The number of nitro benzene ring substituents is 2. The summed E-state index contributed by atoms with van der Waals surface area (Å²) in [6.45, 7) is 0. The molecule has 0 fully saturated rings. The second-order valence-electron chi connectivity index (χ2n) is 6.13. The lowest BCUT2D eigenvalue weighted by molar-refractivity contribution is -0.422. The second kappa shape index (κ2) is 8.53. The van der Waals surface area contributed by atoms with Crippen LogP contribution in [-0.4, -0.2) is 22.1 Å². The highest BCUT2D eigenvalue weighted by molar-refractivity contribution is 6.24. The number of hydrogen-bond donors (Lipinski definition) is 0. The molecule has 2 atom stereocenters. The molecule has 0 N–H and O–H groups in total. The lowest BCUT2D eigenvalue weighted by atomic mass is 10.1. The molecule has 33 heavy (non-hydrogen) atoms. The first kappa shape index (κ1) is 26.5. The zero-order chi connectivity index (χ0) is 25.6. The third-order valence-electron chi connectivity index (χ3n) is 4.00. The number of ether oxygens (including phenoxy) is 1. The Morgan fingerprint density at radius 2 is 1.00 bits per heavy atom. The molecule has 0 bridgehead atoms. The molecule has 17 heteroatoms. The van der Waals surface area contributed by atoms with Gasteiger partial charge in [-0.25, -0.2) is 13.5 Å². The van der Waals surface area contributed by atoms with E-state index in [1.807, 2.05) is 0 Å². The predicted molar refractivity (Wildman–Crippen MR) is 94.4 cm³/mol. The number of alkyl halides is 8. The Kier molecular flexibility index (Phi) is 6.85. The van der Waals surface area contributed by atoms with E-state index in [-0.39, 0.29) is 36.4 Å². The van der Waals surface area contributed by atoms with Crippen molar-refractivity contribution >= 4 is 34.6 Å². The summed E-state index contributed by atoms with van der Waals surface area (Å²) < 4.78 is 116. The molecule has 2 aromatic rings. The van der Waals surface area contributed by atoms with E-state index >= 15 is 0 Å². The number of hydrogen-bond acceptors (Lipinski definition) is 5. The van der Waals surface area contributed by atoms with Crippen molar-refractivity contribution in [2.75, 3.05) is 0 Å². The van der Waals surface area contributed by atoms with E-state index < -0.39 is 66.5 Å². The zero-order valence-corrected chi connectivity index (χ0v) is 16.7. The molecule has 0 saturated carbocycles. The van der Waals surface area contributed by atoms with E-state index in [0.717, 1.165) is 0 Å². The fourth-order valence-electron chi connectivity index (χ4n) is 2.33. The van der Waals surface area contributed by atoms with Crippen LogP contribution in [0.5, 0.6) is 0 Å². The summed E-state index contributed by atoms with van der Waals surface area (Å²) in [6, 6.07) is 0.259. The molecular formula is C16H6Cl2F8N2O5. The molecule has 0 aliphatic heterocycles. The molecule has 0 amide bonds. The van der Waals surface area contributed by atoms with Crippen molar-refractivity contribution in [3.8, 4) is 0 Å². The van der Waals surface area contributed by atoms with Crippen molar-refractivity contribution < 1.29 is 49.7 Å². The van der Waals surface area contributed by atoms with Gasteiger partial charge in [0.1, 0.15) is 0 Å². The van der Waals surface area contributed by atoms with Crippen LogP contribution in [0, 0.1) is 31.9 Å². The molecule has 2 rings (SSSR count). The van der Waals surface area contributed by atoms with Crippen LogP contribution in [0.1, 0.15) is 11.1 Å². The SMILES string of the molecule is O=[N+]([O-])c1ccc(C(F)(Cl)C(F)(F)OC(F)(F)C(F)(Cl)c2ccc([N+](=O)[O-])c(F)c2)cc1F. The molecule has 7 nitrogen and oxygen atoms in total. The van der Waals surface area contributed by atoms with Gasteiger partial charge in [0.05, 0.1) is 9.85 Å². The summed E-state index contributed by atoms with van der Waals surface area (Å²) in [4.78, 5) is 18.5. The molecule has 180 valence electrons. The summed E-state index contributed by atoms with van der Waals surface area (Å²) in [7, 11) is 0. The molecule has 0 saturated heterocycles. The normalized spacial score (nSPS) is 16.1. The van der Waals surface area contributed by atoms with E-state index in [1.165, 1.54) is 0 Å². The third kappa shape index (κ3) is 4.79. The number of nitrogens with zero attached hydrogens (tertiary/aromatic N) is 2. The summed E-state index contributed by atoms with van der Waals surface area (Å²) in [6.07, 6.45) is -11.8.